The number of thiophene rings is 1. The summed E-state index contributed by atoms with van der Waals surface area (Å²) in [6, 6.07) is 7.94. The summed E-state index contributed by atoms with van der Waals surface area (Å²) in [5.41, 5.74) is 2.84. The molecule has 1 N–H and O–H groups in total. The van der Waals surface area contributed by atoms with Crippen molar-refractivity contribution in [2.75, 3.05) is 0 Å². The molecule has 0 unspecified atom stereocenters. The van der Waals surface area contributed by atoms with E-state index in [1.807, 2.05) is 59.5 Å². The quantitative estimate of drug-likeness (QED) is 0.803. The number of nitrogens with one attached hydrogen (secondary N) is 1. The smallest absolute Gasteiger partial charge is 0.287 e. The number of fused-ring (bicyclic) bond motifs is 1. The van der Waals surface area contributed by atoms with Crippen LogP contribution in [0.25, 0.3) is 16.8 Å². The highest BCUT2D eigenvalue weighted by Crippen LogP contribution is 2.26. The molecule has 0 saturated carbocycles. The van der Waals surface area contributed by atoms with Gasteiger partial charge in [0.05, 0.1) is 11.2 Å². The van der Waals surface area contributed by atoms with E-state index in [9.17, 15) is 4.79 Å². The Kier molecular flexibility index (Phi) is 3.28. The van der Waals surface area contributed by atoms with Crippen molar-refractivity contribution in [1.29, 1.82) is 0 Å². The first-order valence-corrected chi connectivity index (χ1v) is 7.41. The van der Waals surface area contributed by atoms with Crippen molar-refractivity contribution in [2.24, 2.45) is 0 Å². The van der Waals surface area contributed by atoms with Crippen LogP contribution in [-0.4, -0.2) is 21.3 Å². The van der Waals surface area contributed by atoms with E-state index in [0.717, 1.165) is 16.8 Å². The zero-order chi connectivity index (χ0) is 14.1. The average molecular weight is 285 g/mol. The maximum Gasteiger partial charge on any atom is 0.287 e. The predicted molar refractivity (Wildman–Crippen MR) is 81.1 cm³/mol. The van der Waals surface area contributed by atoms with E-state index < -0.39 is 0 Å². The third-order valence-electron chi connectivity index (χ3n) is 2.97. The van der Waals surface area contributed by atoms with Crippen molar-refractivity contribution in [3.05, 3.63) is 47.0 Å². The molecule has 0 radical (unpaired) electrons. The Hall–Kier alpha value is -2.14. The number of carbonyl (C=O) groups is 1. The first-order chi connectivity index (χ1) is 9.66. The second-order valence-electron chi connectivity index (χ2n) is 4.88. The van der Waals surface area contributed by atoms with Crippen LogP contribution in [0.15, 0.2) is 41.2 Å². The molecule has 102 valence electrons. The van der Waals surface area contributed by atoms with Gasteiger partial charge in [0.25, 0.3) is 5.91 Å². The number of aromatic nitrogens is 2. The Labute approximate surface area is 121 Å². The summed E-state index contributed by atoms with van der Waals surface area (Å²) in [5, 5.41) is 6.94. The summed E-state index contributed by atoms with van der Waals surface area (Å²) in [6.07, 6.45) is 1.87. The summed E-state index contributed by atoms with van der Waals surface area (Å²) in [6.45, 7) is 3.88. The van der Waals surface area contributed by atoms with Gasteiger partial charge in [-0.1, -0.05) is 6.07 Å². The van der Waals surface area contributed by atoms with Gasteiger partial charge in [-0.15, -0.1) is 0 Å². The summed E-state index contributed by atoms with van der Waals surface area (Å²) in [4.78, 5) is 16.8. The fourth-order valence-electron chi connectivity index (χ4n) is 2.14. The third-order valence-corrected chi connectivity index (χ3v) is 3.65. The highest BCUT2D eigenvalue weighted by Gasteiger charge is 2.18. The molecule has 3 aromatic rings. The Morgan fingerprint density at radius 3 is 2.90 bits per heavy atom. The van der Waals surface area contributed by atoms with Gasteiger partial charge < -0.3 is 5.32 Å². The number of pyridine rings is 1. The molecule has 0 fully saturated rings. The van der Waals surface area contributed by atoms with Gasteiger partial charge in [-0.05, 0) is 37.4 Å². The van der Waals surface area contributed by atoms with E-state index in [1.54, 1.807) is 11.3 Å². The van der Waals surface area contributed by atoms with Crippen molar-refractivity contribution in [3.63, 3.8) is 0 Å². The monoisotopic (exact) mass is 285 g/mol. The van der Waals surface area contributed by atoms with Crippen molar-refractivity contribution in [3.8, 4) is 11.3 Å². The Morgan fingerprint density at radius 1 is 1.35 bits per heavy atom. The van der Waals surface area contributed by atoms with Gasteiger partial charge in [0.1, 0.15) is 0 Å². The molecule has 1 amide bonds. The molecule has 0 saturated heterocycles. The van der Waals surface area contributed by atoms with Gasteiger partial charge in [0.2, 0.25) is 5.82 Å². The van der Waals surface area contributed by atoms with Crippen LogP contribution in [0.5, 0.6) is 0 Å². The van der Waals surface area contributed by atoms with Gasteiger partial charge in [0, 0.05) is 23.2 Å². The number of amides is 1. The van der Waals surface area contributed by atoms with Crippen LogP contribution in [0, 0.1) is 0 Å². The second-order valence-corrected chi connectivity index (χ2v) is 5.66. The van der Waals surface area contributed by atoms with Crippen LogP contribution in [0.1, 0.15) is 24.5 Å². The number of carbonyl (C=O) groups excluding carboxylic acids is 1. The highest BCUT2D eigenvalue weighted by molar-refractivity contribution is 7.08. The largest absolute Gasteiger partial charge is 0.347 e. The normalized spacial score (nSPS) is 11.2. The molecule has 0 aromatic carbocycles. The molecule has 20 heavy (non-hydrogen) atoms. The van der Waals surface area contributed by atoms with Crippen LogP contribution in [0.4, 0.5) is 0 Å². The molecule has 0 atom stereocenters. The molecule has 3 rings (SSSR count). The minimum Gasteiger partial charge on any atom is -0.347 e. The first-order valence-electron chi connectivity index (χ1n) is 6.47. The summed E-state index contributed by atoms with van der Waals surface area (Å²) >= 11 is 1.62. The molecule has 0 aliphatic carbocycles. The summed E-state index contributed by atoms with van der Waals surface area (Å²) in [5.74, 6) is 0.276. The van der Waals surface area contributed by atoms with E-state index in [4.69, 9.17) is 0 Å². The molecule has 0 spiro atoms. The van der Waals surface area contributed by atoms with Crippen molar-refractivity contribution < 1.29 is 4.79 Å². The molecule has 3 heterocycles. The number of hydrogen-bond acceptors (Lipinski definition) is 3. The van der Waals surface area contributed by atoms with Gasteiger partial charge in [-0.3, -0.25) is 9.20 Å². The Bertz CT molecular complexity index is 744. The SMILES string of the molecule is CC(C)NC(=O)c1nc(-c2ccsc2)c2ccccn12. The lowest BCUT2D eigenvalue weighted by Crippen LogP contribution is -2.31. The first kappa shape index (κ1) is 12.9. The third kappa shape index (κ3) is 2.20. The van der Waals surface area contributed by atoms with Crippen LogP contribution in [-0.2, 0) is 0 Å². The van der Waals surface area contributed by atoms with E-state index in [1.165, 1.54) is 0 Å². The summed E-state index contributed by atoms with van der Waals surface area (Å²) < 4.78 is 1.84. The van der Waals surface area contributed by atoms with Crippen LogP contribution >= 0.6 is 11.3 Å². The standard InChI is InChI=1S/C15H15N3OS/c1-10(2)16-15(19)14-17-13(11-6-8-20-9-11)12-5-3-4-7-18(12)14/h3-10H,1-2H3,(H,16,19). The zero-order valence-corrected chi connectivity index (χ0v) is 12.1. The molecule has 0 aliphatic rings. The number of rotatable bonds is 3. The average Bonchev–Trinajstić information content (AvgIpc) is 3.04. The van der Waals surface area contributed by atoms with E-state index in [-0.39, 0.29) is 11.9 Å². The maximum atomic E-state index is 12.3. The second kappa shape index (κ2) is 5.09. The number of hydrogen-bond donors (Lipinski definition) is 1. The van der Waals surface area contributed by atoms with Crippen molar-refractivity contribution in [2.45, 2.75) is 19.9 Å². The van der Waals surface area contributed by atoms with Crippen LogP contribution in [0.2, 0.25) is 0 Å². The fraction of sp³-hybridized carbons (Fsp3) is 0.200. The predicted octanol–water partition coefficient (Wildman–Crippen LogP) is 3.20. The van der Waals surface area contributed by atoms with Crippen molar-refractivity contribution in [1.82, 2.24) is 14.7 Å². The minimum absolute atomic E-state index is 0.0863. The Balaban J connectivity index is 2.17. The minimum atomic E-state index is -0.150. The van der Waals surface area contributed by atoms with Crippen LogP contribution < -0.4 is 5.32 Å². The fourth-order valence-corrected chi connectivity index (χ4v) is 2.78. The lowest BCUT2D eigenvalue weighted by Gasteiger charge is -2.06. The molecule has 0 bridgehead atoms. The molecule has 4 nitrogen and oxygen atoms in total. The lowest BCUT2D eigenvalue weighted by atomic mass is 10.2. The molecule has 5 heteroatoms. The lowest BCUT2D eigenvalue weighted by molar-refractivity contribution is 0.0932. The maximum absolute atomic E-state index is 12.3. The highest BCUT2D eigenvalue weighted by atomic mass is 32.1. The van der Waals surface area contributed by atoms with E-state index in [2.05, 4.69) is 10.3 Å². The van der Waals surface area contributed by atoms with E-state index in [0.29, 0.717) is 5.82 Å². The van der Waals surface area contributed by atoms with Crippen LogP contribution in [0.3, 0.4) is 0 Å². The van der Waals surface area contributed by atoms with Gasteiger partial charge in [-0.25, -0.2) is 4.98 Å². The molecule has 3 aromatic heterocycles. The topological polar surface area (TPSA) is 46.4 Å². The van der Waals surface area contributed by atoms with E-state index >= 15 is 0 Å². The molecule has 0 aliphatic heterocycles. The molecular weight excluding hydrogens is 270 g/mol. The zero-order valence-electron chi connectivity index (χ0n) is 11.3. The number of imidazole rings is 1. The Morgan fingerprint density at radius 2 is 2.20 bits per heavy atom. The van der Waals surface area contributed by atoms with Crippen molar-refractivity contribution >= 4 is 22.8 Å². The van der Waals surface area contributed by atoms with Gasteiger partial charge in [-0.2, -0.15) is 11.3 Å². The summed E-state index contributed by atoms with van der Waals surface area (Å²) in [7, 11) is 0. The van der Waals surface area contributed by atoms with Gasteiger partial charge in [0.15, 0.2) is 0 Å². The van der Waals surface area contributed by atoms with Gasteiger partial charge >= 0.3 is 0 Å². The molecular formula is C15H15N3OS. The number of nitrogens with zero attached hydrogens (tertiary/aromatic N) is 2.